The van der Waals surface area contributed by atoms with Crippen LogP contribution in [0.3, 0.4) is 0 Å². The first kappa shape index (κ1) is 12.7. The van der Waals surface area contributed by atoms with Crippen LogP contribution in [0.1, 0.15) is 11.3 Å². The zero-order valence-corrected chi connectivity index (χ0v) is 11.9. The van der Waals surface area contributed by atoms with Crippen LogP contribution in [0.25, 0.3) is 22.1 Å². The fraction of sp³-hybridized carbons (Fsp3) is 0.167. The minimum Gasteiger partial charge on any atom is -0.497 e. The van der Waals surface area contributed by atoms with Gasteiger partial charge < -0.3 is 4.74 Å². The molecule has 3 rings (SSSR count). The van der Waals surface area contributed by atoms with Crippen LogP contribution in [0.15, 0.2) is 52.9 Å². The van der Waals surface area contributed by atoms with E-state index >= 15 is 0 Å². The molecule has 2 nitrogen and oxygen atoms in total. The maximum absolute atomic E-state index is 5.95. The Morgan fingerprint density at radius 1 is 0.900 bits per heavy atom. The molecule has 1 heterocycles. The third-order valence-corrected chi connectivity index (χ3v) is 3.51. The third-order valence-electron chi connectivity index (χ3n) is 3.51. The van der Waals surface area contributed by atoms with Crippen LogP contribution in [0, 0.1) is 13.8 Å². The molecule has 0 fully saturated rings. The molecule has 2 aromatic carbocycles. The van der Waals surface area contributed by atoms with Crippen molar-refractivity contribution in [3.63, 3.8) is 0 Å². The second kappa shape index (κ2) is 4.97. The van der Waals surface area contributed by atoms with Crippen molar-refractivity contribution in [2.24, 2.45) is 0 Å². The fourth-order valence-corrected chi connectivity index (χ4v) is 2.41. The summed E-state index contributed by atoms with van der Waals surface area (Å²) in [5.41, 5.74) is 2.31. The monoisotopic (exact) mass is 265 g/mol. The van der Waals surface area contributed by atoms with Gasteiger partial charge in [-0.15, -0.1) is 0 Å². The van der Waals surface area contributed by atoms with Crippen LogP contribution in [0.5, 0.6) is 5.75 Å². The minimum atomic E-state index is 0.849. The summed E-state index contributed by atoms with van der Waals surface area (Å²) in [4.78, 5) is 0. The zero-order valence-electron chi connectivity index (χ0n) is 11.9. The summed E-state index contributed by atoms with van der Waals surface area (Å²) in [7, 11) is 1.67. The molecule has 0 spiro atoms. The summed E-state index contributed by atoms with van der Waals surface area (Å²) >= 11 is 0. The molecule has 0 bridgehead atoms. The highest BCUT2D eigenvalue weighted by atomic mass is 16.5. The molecule has 0 unspecified atom stereocenters. The van der Waals surface area contributed by atoms with Gasteiger partial charge in [0, 0.05) is 5.39 Å². The van der Waals surface area contributed by atoms with E-state index < -0.39 is 0 Å². The molecule has 20 heavy (non-hydrogen) atoms. The van der Waals surface area contributed by atoms with Crippen LogP contribution in [-0.2, 0) is 0 Å². The van der Waals surface area contributed by atoms with Crippen molar-refractivity contribution >= 4 is 10.8 Å². The Morgan fingerprint density at radius 3 is 2.35 bits per heavy atom. The average molecular weight is 265 g/mol. The summed E-state index contributed by atoms with van der Waals surface area (Å²) in [5, 5.41) is 2.37. The lowest BCUT2D eigenvalue weighted by atomic mass is 10.1. The van der Waals surface area contributed by atoms with Gasteiger partial charge in [-0.2, -0.15) is 0 Å². The maximum Gasteiger partial charge on any atom is 0.360 e. The highest BCUT2D eigenvalue weighted by Gasteiger charge is 2.17. The Morgan fingerprint density at radius 2 is 1.65 bits per heavy atom. The van der Waals surface area contributed by atoms with Gasteiger partial charge in [-0.05, 0) is 37.3 Å². The Labute approximate surface area is 118 Å². The normalized spacial score (nSPS) is 10.8. The standard InChI is InChI=1S/C18H17O2/c1-12-4-9-17-13(2)20-18(11-15(17)10-12)14-5-7-16(19-3)8-6-14/h4-11H,1-3H3/q+1. The van der Waals surface area contributed by atoms with Gasteiger partial charge in [-0.3, -0.25) is 0 Å². The van der Waals surface area contributed by atoms with Crippen molar-refractivity contribution in [3.8, 4) is 17.1 Å². The smallest absolute Gasteiger partial charge is 0.360 e. The van der Waals surface area contributed by atoms with Crippen molar-refractivity contribution < 1.29 is 9.15 Å². The van der Waals surface area contributed by atoms with Gasteiger partial charge in [-0.1, -0.05) is 17.7 Å². The molecular weight excluding hydrogens is 248 g/mol. The molecule has 3 aromatic rings. The Hall–Kier alpha value is -2.35. The minimum absolute atomic E-state index is 0.849. The first-order chi connectivity index (χ1) is 9.67. The molecule has 0 aliphatic heterocycles. The highest BCUT2D eigenvalue weighted by Crippen LogP contribution is 2.29. The first-order valence-electron chi connectivity index (χ1n) is 6.66. The number of rotatable bonds is 2. The largest absolute Gasteiger partial charge is 0.497 e. The summed E-state index contributed by atoms with van der Waals surface area (Å²) in [6.45, 7) is 4.11. The van der Waals surface area contributed by atoms with E-state index in [1.54, 1.807) is 7.11 Å². The zero-order chi connectivity index (χ0) is 14.1. The third kappa shape index (κ3) is 2.25. The lowest BCUT2D eigenvalue weighted by molar-refractivity contribution is 0.415. The van der Waals surface area contributed by atoms with Crippen molar-refractivity contribution in [2.75, 3.05) is 7.11 Å². The fourth-order valence-electron chi connectivity index (χ4n) is 2.41. The first-order valence-corrected chi connectivity index (χ1v) is 6.66. The number of aryl methyl sites for hydroxylation is 2. The number of ether oxygens (including phenoxy) is 1. The molecule has 0 aliphatic carbocycles. The lowest BCUT2D eigenvalue weighted by Gasteiger charge is -2.00. The van der Waals surface area contributed by atoms with Crippen molar-refractivity contribution in [1.29, 1.82) is 0 Å². The van der Waals surface area contributed by atoms with Crippen molar-refractivity contribution in [1.82, 2.24) is 0 Å². The van der Waals surface area contributed by atoms with E-state index in [1.165, 1.54) is 10.9 Å². The van der Waals surface area contributed by atoms with Gasteiger partial charge in [-0.25, -0.2) is 4.42 Å². The van der Waals surface area contributed by atoms with Gasteiger partial charge in [0.05, 0.1) is 31.0 Å². The number of benzene rings is 2. The van der Waals surface area contributed by atoms with E-state index in [-0.39, 0.29) is 0 Å². The van der Waals surface area contributed by atoms with Crippen LogP contribution >= 0.6 is 0 Å². The molecule has 0 saturated heterocycles. The summed E-state index contributed by atoms with van der Waals surface area (Å²) in [6.07, 6.45) is 0. The van der Waals surface area contributed by atoms with E-state index in [1.807, 2.05) is 31.2 Å². The lowest BCUT2D eigenvalue weighted by Crippen LogP contribution is -1.86. The van der Waals surface area contributed by atoms with Gasteiger partial charge in [0.15, 0.2) is 0 Å². The molecule has 0 saturated carbocycles. The van der Waals surface area contributed by atoms with Gasteiger partial charge in [0.2, 0.25) is 0 Å². The van der Waals surface area contributed by atoms with E-state index in [4.69, 9.17) is 9.15 Å². The van der Waals surface area contributed by atoms with Gasteiger partial charge >= 0.3 is 11.5 Å². The van der Waals surface area contributed by atoms with E-state index in [0.717, 1.165) is 28.2 Å². The molecule has 0 radical (unpaired) electrons. The van der Waals surface area contributed by atoms with Gasteiger partial charge in [0.25, 0.3) is 0 Å². The summed E-state index contributed by atoms with van der Waals surface area (Å²) < 4.78 is 11.1. The quantitative estimate of drug-likeness (QED) is 0.607. The van der Waals surface area contributed by atoms with Crippen LogP contribution in [0.2, 0.25) is 0 Å². The number of fused-ring (bicyclic) bond motifs is 1. The van der Waals surface area contributed by atoms with Crippen LogP contribution in [-0.4, -0.2) is 7.11 Å². The topological polar surface area (TPSA) is 20.5 Å². The molecule has 1 aromatic heterocycles. The number of hydrogen-bond donors (Lipinski definition) is 0. The predicted octanol–water partition coefficient (Wildman–Crippen LogP) is 5.01. The summed E-state index contributed by atoms with van der Waals surface area (Å²) in [5.74, 6) is 2.67. The second-order valence-electron chi connectivity index (χ2n) is 4.99. The SMILES string of the molecule is COc1ccc(-c2cc3cc(C)ccc3c(C)[o+]2)cc1. The Balaban J connectivity index is 2.15. The second-order valence-corrected chi connectivity index (χ2v) is 4.99. The average Bonchev–Trinajstić information content (AvgIpc) is 2.46. The Bertz CT molecular complexity index is 758. The van der Waals surface area contributed by atoms with Crippen LogP contribution < -0.4 is 4.74 Å². The Kier molecular flexibility index (Phi) is 3.15. The molecule has 0 amide bonds. The molecule has 0 N–H and O–H groups in total. The van der Waals surface area contributed by atoms with E-state index in [9.17, 15) is 0 Å². The van der Waals surface area contributed by atoms with Crippen molar-refractivity contribution in [2.45, 2.75) is 13.8 Å². The molecular formula is C18H17O2+. The van der Waals surface area contributed by atoms with Crippen molar-refractivity contribution in [3.05, 3.63) is 59.9 Å². The van der Waals surface area contributed by atoms with E-state index in [0.29, 0.717) is 0 Å². The molecule has 0 aliphatic rings. The predicted molar refractivity (Wildman–Crippen MR) is 82.1 cm³/mol. The number of hydrogen-bond acceptors (Lipinski definition) is 1. The maximum atomic E-state index is 5.95. The molecule has 2 heteroatoms. The number of methoxy groups -OCH3 is 1. The van der Waals surface area contributed by atoms with Gasteiger partial charge in [0.1, 0.15) is 5.75 Å². The molecule has 100 valence electrons. The van der Waals surface area contributed by atoms with E-state index in [2.05, 4.69) is 31.2 Å². The molecule has 0 atom stereocenters. The summed E-state index contributed by atoms with van der Waals surface area (Å²) in [6, 6.07) is 16.4. The highest BCUT2D eigenvalue weighted by molar-refractivity contribution is 5.87. The van der Waals surface area contributed by atoms with Crippen LogP contribution in [0.4, 0.5) is 0 Å².